The highest BCUT2D eigenvalue weighted by Gasteiger charge is 2.35. The van der Waals surface area contributed by atoms with E-state index in [1.54, 1.807) is 35.9 Å². The Labute approximate surface area is 223 Å². The molecule has 1 N–H and O–H groups in total. The molecule has 0 fully saturated rings. The third kappa shape index (κ3) is 5.60. The first-order valence-corrected chi connectivity index (χ1v) is 12.8. The van der Waals surface area contributed by atoms with Crippen LogP contribution in [0, 0.1) is 5.82 Å². The fourth-order valence-electron chi connectivity index (χ4n) is 3.90. The van der Waals surface area contributed by atoms with E-state index in [4.69, 9.17) is 25.8 Å². The molecule has 4 rings (SSSR count). The normalized spacial score (nSPS) is 14.6. The maximum Gasteiger partial charge on any atom is 0.338 e. The van der Waals surface area contributed by atoms with E-state index in [-0.39, 0.29) is 23.8 Å². The molecule has 37 heavy (non-hydrogen) atoms. The number of hydrogen-bond acceptors (Lipinski definition) is 8. The lowest BCUT2D eigenvalue weighted by molar-refractivity contribution is -0.138. The van der Waals surface area contributed by atoms with Crippen molar-refractivity contribution in [1.82, 2.24) is 14.8 Å². The highest BCUT2D eigenvalue weighted by Crippen LogP contribution is 2.40. The minimum absolute atomic E-state index is 0.0676. The van der Waals surface area contributed by atoms with Crippen LogP contribution in [0.1, 0.15) is 31.0 Å². The van der Waals surface area contributed by atoms with Gasteiger partial charge in [0.25, 0.3) is 0 Å². The molecule has 0 amide bonds. The zero-order valence-electron chi connectivity index (χ0n) is 20.6. The number of esters is 1. The third-order valence-corrected chi connectivity index (χ3v) is 6.67. The molecule has 1 atom stereocenters. The zero-order valence-corrected chi connectivity index (χ0v) is 22.2. The van der Waals surface area contributed by atoms with E-state index in [9.17, 15) is 9.18 Å². The maximum atomic E-state index is 14.2. The van der Waals surface area contributed by atoms with E-state index in [2.05, 4.69) is 22.0 Å². The standard InChI is InChI=1S/C26H26ClFN4O4S/c1-5-12-35-24(33)22-15(3)29-25-30-26(37-6-2)31-32(25)23(22)16-10-11-20(21(13-16)34-4)36-14-17-18(27)8-7-9-19(17)28/h5,7-11,13,23H,1,6,12,14H2,2-4H3,(H,29,30,31). The Morgan fingerprint density at radius 3 is 2.84 bits per heavy atom. The number of carbonyl (C=O) groups is 1. The number of allylic oxidation sites excluding steroid dienone is 1. The Bertz CT molecular complexity index is 1340. The van der Waals surface area contributed by atoms with Gasteiger partial charge in [-0.2, -0.15) is 4.98 Å². The molecule has 1 aliphatic rings. The summed E-state index contributed by atoms with van der Waals surface area (Å²) < 4.78 is 32.7. The van der Waals surface area contributed by atoms with Crippen LogP contribution in [-0.4, -0.2) is 40.2 Å². The SMILES string of the molecule is C=CCOC(=O)C1=C(C)Nc2nc(SCC)nn2C1c1ccc(OCc2c(F)cccc2Cl)c(OC)c1. The molecule has 0 radical (unpaired) electrons. The van der Waals surface area contributed by atoms with Crippen molar-refractivity contribution in [3.05, 3.63) is 82.3 Å². The summed E-state index contributed by atoms with van der Waals surface area (Å²) in [6.07, 6.45) is 1.51. The first-order valence-electron chi connectivity index (χ1n) is 11.5. The number of anilines is 1. The Hall–Kier alpha value is -3.50. The number of rotatable bonds is 10. The van der Waals surface area contributed by atoms with Crippen molar-refractivity contribution in [2.45, 2.75) is 31.7 Å². The summed E-state index contributed by atoms with van der Waals surface area (Å²) in [7, 11) is 1.50. The van der Waals surface area contributed by atoms with Crippen LogP contribution >= 0.6 is 23.4 Å². The van der Waals surface area contributed by atoms with Gasteiger partial charge in [0.2, 0.25) is 11.1 Å². The number of fused-ring (bicyclic) bond motifs is 1. The fraction of sp³-hybridized carbons (Fsp3) is 0.269. The van der Waals surface area contributed by atoms with E-state index in [1.165, 1.54) is 37.1 Å². The number of methoxy groups -OCH3 is 1. The highest BCUT2D eigenvalue weighted by molar-refractivity contribution is 7.99. The molecule has 0 aliphatic carbocycles. The number of nitrogens with one attached hydrogen (secondary N) is 1. The van der Waals surface area contributed by atoms with E-state index < -0.39 is 17.8 Å². The topological polar surface area (TPSA) is 87.5 Å². The van der Waals surface area contributed by atoms with Crippen molar-refractivity contribution >= 4 is 35.3 Å². The monoisotopic (exact) mass is 544 g/mol. The molecule has 0 saturated heterocycles. The van der Waals surface area contributed by atoms with Crippen molar-refractivity contribution < 1.29 is 23.4 Å². The van der Waals surface area contributed by atoms with Crippen molar-refractivity contribution in [3.8, 4) is 11.5 Å². The van der Waals surface area contributed by atoms with Crippen LogP contribution in [0.5, 0.6) is 11.5 Å². The lowest BCUT2D eigenvalue weighted by Crippen LogP contribution is -2.29. The van der Waals surface area contributed by atoms with Gasteiger partial charge in [-0.3, -0.25) is 0 Å². The Kier molecular flexibility index (Phi) is 8.40. The van der Waals surface area contributed by atoms with Crippen LogP contribution in [0.25, 0.3) is 0 Å². The molecule has 194 valence electrons. The van der Waals surface area contributed by atoms with Crippen LogP contribution in [-0.2, 0) is 16.1 Å². The van der Waals surface area contributed by atoms with Crippen LogP contribution in [0.15, 0.2) is 65.5 Å². The predicted molar refractivity (Wildman–Crippen MR) is 141 cm³/mol. The number of carbonyl (C=O) groups excluding carboxylic acids is 1. The minimum atomic E-state index is -0.642. The van der Waals surface area contributed by atoms with Gasteiger partial charge in [-0.1, -0.05) is 55.1 Å². The number of benzene rings is 2. The van der Waals surface area contributed by atoms with E-state index in [0.717, 1.165) is 5.75 Å². The van der Waals surface area contributed by atoms with Gasteiger partial charge in [0, 0.05) is 11.3 Å². The van der Waals surface area contributed by atoms with Crippen LogP contribution < -0.4 is 14.8 Å². The number of halogens is 2. The molecular weight excluding hydrogens is 519 g/mol. The molecule has 1 aromatic heterocycles. The van der Waals surface area contributed by atoms with E-state index in [1.807, 2.05) is 6.92 Å². The van der Waals surface area contributed by atoms with E-state index >= 15 is 0 Å². The number of ether oxygens (including phenoxy) is 3. The van der Waals surface area contributed by atoms with Crippen LogP contribution in [0.2, 0.25) is 5.02 Å². The average molecular weight is 545 g/mol. The first-order chi connectivity index (χ1) is 17.9. The molecule has 0 bridgehead atoms. The van der Waals surface area contributed by atoms with Gasteiger partial charge in [0.15, 0.2) is 11.5 Å². The molecule has 1 unspecified atom stereocenters. The molecule has 0 saturated carbocycles. The van der Waals surface area contributed by atoms with Gasteiger partial charge in [-0.15, -0.1) is 5.10 Å². The van der Waals surface area contributed by atoms with Gasteiger partial charge < -0.3 is 19.5 Å². The summed E-state index contributed by atoms with van der Waals surface area (Å²) in [6, 6.07) is 9.06. The number of nitrogens with zero attached hydrogens (tertiary/aromatic N) is 3. The van der Waals surface area contributed by atoms with Crippen molar-refractivity contribution in [2.24, 2.45) is 0 Å². The third-order valence-electron chi connectivity index (χ3n) is 5.60. The second kappa shape index (κ2) is 11.7. The number of thioether (sulfide) groups is 1. The summed E-state index contributed by atoms with van der Waals surface area (Å²) >= 11 is 7.62. The van der Waals surface area contributed by atoms with E-state index in [0.29, 0.717) is 39.4 Å². The number of aromatic nitrogens is 3. The maximum absolute atomic E-state index is 14.2. The largest absolute Gasteiger partial charge is 0.493 e. The summed E-state index contributed by atoms with van der Waals surface area (Å²) in [6.45, 7) is 7.39. The molecule has 11 heteroatoms. The second-order valence-corrected chi connectivity index (χ2v) is 9.59. The molecule has 0 spiro atoms. The van der Waals surface area contributed by atoms with Crippen molar-refractivity contribution in [2.75, 3.05) is 24.8 Å². The second-order valence-electron chi connectivity index (χ2n) is 7.95. The van der Waals surface area contributed by atoms with Gasteiger partial charge in [0.05, 0.1) is 17.7 Å². The molecule has 3 aromatic rings. The minimum Gasteiger partial charge on any atom is -0.493 e. The summed E-state index contributed by atoms with van der Waals surface area (Å²) in [5.74, 6) is 1.12. The lowest BCUT2D eigenvalue weighted by atomic mass is 9.95. The van der Waals surface area contributed by atoms with Crippen molar-refractivity contribution in [3.63, 3.8) is 0 Å². The Morgan fingerprint density at radius 2 is 2.14 bits per heavy atom. The molecule has 1 aliphatic heterocycles. The first kappa shape index (κ1) is 26.6. The fourth-order valence-corrected chi connectivity index (χ4v) is 4.67. The lowest BCUT2D eigenvalue weighted by Gasteiger charge is -2.28. The van der Waals surface area contributed by atoms with Crippen molar-refractivity contribution in [1.29, 1.82) is 0 Å². The van der Waals surface area contributed by atoms with Crippen LogP contribution in [0.4, 0.5) is 10.3 Å². The molecule has 2 aromatic carbocycles. The van der Waals surface area contributed by atoms with Gasteiger partial charge in [-0.25, -0.2) is 13.9 Å². The molecule has 8 nitrogen and oxygen atoms in total. The summed E-state index contributed by atoms with van der Waals surface area (Å²) in [4.78, 5) is 17.7. The van der Waals surface area contributed by atoms with Gasteiger partial charge >= 0.3 is 5.97 Å². The zero-order chi connectivity index (χ0) is 26.5. The predicted octanol–water partition coefficient (Wildman–Crippen LogP) is 5.79. The van der Waals surface area contributed by atoms with Crippen LogP contribution in [0.3, 0.4) is 0 Å². The summed E-state index contributed by atoms with van der Waals surface area (Å²) in [5.41, 5.74) is 1.91. The Morgan fingerprint density at radius 1 is 1.32 bits per heavy atom. The smallest absolute Gasteiger partial charge is 0.338 e. The quantitative estimate of drug-likeness (QED) is 0.195. The van der Waals surface area contributed by atoms with Gasteiger partial charge in [0.1, 0.15) is 25.1 Å². The summed E-state index contributed by atoms with van der Waals surface area (Å²) in [5, 5.41) is 8.65. The van der Waals surface area contributed by atoms with Gasteiger partial charge in [-0.05, 0) is 42.5 Å². The molecular formula is C26H26ClFN4O4S. The Balaban J connectivity index is 1.72. The average Bonchev–Trinajstić information content (AvgIpc) is 3.28. The molecule has 2 heterocycles. The highest BCUT2D eigenvalue weighted by atomic mass is 35.5. The number of hydrogen-bond donors (Lipinski definition) is 1.